The molecule has 152 valence electrons. The summed E-state index contributed by atoms with van der Waals surface area (Å²) >= 11 is 0. The molecular formula is C21H30N4O3. The molecule has 1 unspecified atom stereocenters. The Morgan fingerprint density at radius 3 is 2.75 bits per heavy atom. The number of carbonyl (C=O) groups is 1. The minimum absolute atomic E-state index is 0.0142. The van der Waals surface area contributed by atoms with Gasteiger partial charge in [0.1, 0.15) is 0 Å². The maximum absolute atomic E-state index is 12.6. The standard InChI is InChI=1S/C21H30N4O3/c1-4-28-20(27)23-12-9-21(3,14-23)24-10-7-16(8-11-24)25-18-13-15(2)5-6-17(18)22-19(25)26/h5-6,13,16H,4,7-12,14H2,1-3H3,(H,22,26). The molecule has 1 N–H and O–H groups in total. The number of nitrogens with zero attached hydrogens (tertiary/aromatic N) is 3. The van der Waals surface area contributed by atoms with Gasteiger partial charge >= 0.3 is 11.8 Å². The summed E-state index contributed by atoms with van der Waals surface area (Å²) in [6, 6.07) is 6.32. The van der Waals surface area contributed by atoms with Crippen LogP contribution in [0, 0.1) is 6.92 Å². The van der Waals surface area contributed by atoms with E-state index in [1.807, 2.05) is 28.5 Å². The summed E-state index contributed by atoms with van der Waals surface area (Å²) in [6.07, 6.45) is 2.63. The van der Waals surface area contributed by atoms with Crippen molar-refractivity contribution in [3.05, 3.63) is 34.2 Å². The molecule has 2 aliphatic rings. The van der Waals surface area contributed by atoms with E-state index in [1.165, 1.54) is 0 Å². The summed E-state index contributed by atoms with van der Waals surface area (Å²) < 4.78 is 7.11. The fourth-order valence-corrected chi connectivity index (χ4v) is 4.83. The largest absolute Gasteiger partial charge is 0.450 e. The normalized spacial score (nSPS) is 24.2. The number of piperidine rings is 1. The van der Waals surface area contributed by atoms with E-state index >= 15 is 0 Å². The first-order valence-electron chi connectivity index (χ1n) is 10.3. The van der Waals surface area contributed by atoms with Crippen molar-refractivity contribution < 1.29 is 9.53 Å². The lowest BCUT2D eigenvalue weighted by Gasteiger charge is -2.43. The van der Waals surface area contributed by atoms with Crippen LogP contribution < -0.4 is 5.69 Å². The van der Waals surface area contributed by atoms with Gasteiger partial charge in [-0.15, -0.1) is 0 Å². The number of ether oxygens (including phenoxy) is 1. The van der Waals surface area contributed by atoms with E-state index in [2.05, 4.69) is 29.8 Å². The molecule has 0 radical (unpaired) electrons. The van der Waals surface area contributed by atoms with Gasteiger partial charge in [0.15, 0.2) is 0 Å². The van der Waals surface area contributed by atoms with Crippen LogP contribution in [0.4, 0.5) is 4.79 Å². The van der Waals surface area contributed by atoms with Crippen LogP contribution in [0.2, 0.25) is 0 Å². The highest BCUT2D eigenvalue weighted by Crippen LogP contribution is 2.34. The number of hydrogen-bond donors (Lipinski definition) is 1. The van der Waals surface area contributed by atoms with Crippen LogP contribution in [0.15, 0.2) is 23.0 Å². The molecule has 7 heteroatoms. The van der Waals surface area contributed by atoms with Gasteiger partial charge in [-0.05, 0) is 57.7 Å². The van der Waals surface area contributed by atoms with Gasteiger partial charge in [0.2, 0.25) is 0 Å². The van der Waals surface area contributed by atoms with E-state index in [1.54, 1.807) is 0 Å². The maximum atomic E-state index is 12.6. The molecule has 0 saturated carbocycles. The van der Waals surface area contributed by atoms with Gasteiger partial charge in [-0.25, -0.2) is 9.59 Å². The van der Waals surface area contributed by atoms with Crippen LogP contribution in [0.5, 0.6) is 0 Å². The Bertz CT molecular complexity index is 925. The maximum Gasteiger partial charge on any atom is 0.409 e. The van der Waals surface area contributed by atoms with Crippen LogP contribution in [-0.4, -0.2) is 63.8 Å². The number of aryl methyl sites for hydroxylation is 1. The Hall–Kier alpha value is -2.28. The topological polar surface area (TPSA) is 70.6 Å². The molecule has 3 heterocycles. The molecule has 1 amide bonds. The Labute approximate surface area is 165 Å². The summed E-state index contributed by atoms with van der Waals surface area (Å²) in [5.74, 6) is 0. The van der Waals surface area contributed by atoms with Crippen molar-refractivity contribution in [3.8, 4) is 0 Å². The average molecular weight is 386 g/mol. The van der Waals surface area contributed by atoms with Gasteiger partial charge in [-0.1, -0.05) is 6.07 Å². The van der Waals surface area contributed by atoms with Gasteiger partial charge in [-0.3, -0.25) is 9.47 Å². The SMILES string of the molecule is CCOC(=O)N1CCC(C)(N2CCC(n3c(=O)[nH]c4ccc(C)cc43)CC2)C1. The lowest BCUT2D eigenvalue weighted by atomic mass is 9.93. The van der Waals surface area contributed by atoms with E-state index in [0.717, 1.165) is 55.5 Å². The van der Waals surface area contributed by atoms with Crippen molar-refractivity contribution in [2.75, 3.05) is 32.8 Å². The highest BCUT2D eigenvalue weighted by Gasteiger charge is 2.42. The van der Waals surface area contributed by atoms with E-state index in [0.29, 0.717) is 13.2 Å². The fraction of sp³-hybridized carbons (Fsp3) is 0.619. The van der Waals surface area contributed by atoms with E-state index in [4.69, 9.17) is 4.74 Å². The van der Waals surface area contributed by atoms with Crippen LogP contribution in [0.1, 0.15) is 44.7 Å². The number of aromatic amines is 1. The second-order valence-electron chi connectivity index (χ2n) is 8.41. The number of rotatable bonds is 3. The van der Waals surface area contributed by atoms with Gasteiger partial charge in [0, 0.05) is 37.8 Å². The number of H-pyrrole nitrogens is 1. The Morgan fingerprint density at radius 2 is 2.04 bits per heavy atom. The molecular weight excluding hydrogens is 356 g/mol. The predicted molar refractivity (Wildman–Crippen MR) is 109 cm³/mol. The van der Waals surface area contributed by atoms with E-state index < -0.39 is 0 Å². The Kier molecular flexibility index (Phi) is 4.95. The quantitative estimate of drug-likeness (QED) is 0.881. The van der Waals surface area contributed by atoms with Crippen molar-refractivity contribution in [1.29, 1.82) is 0 Å². The third-order valence-corrected chi connectivity index (χ3v) is 6.44. The zero-order chi connectivity index (χ0) is 19.9. The van der Waals surface area contributed by atoms with Crippen molar-refractivity contribution in [2.45, 2.75) is 51.6 Å². The zero-order valence-corrected chi connectivity index (χ0v) is 17.0. The number of aromatic nitrogens is 2. The highest BCUT2D eigenvalue weighted by molar-refractivity contribution is 5.76. The average Bonchev–Trinajstić information content (AvgIpc) is 3.22. The van der Waals surface area contributed by atoms with E-state index in [-0.39, 0.29) is 23.4 Å². The van der Waals surface area contributed by atoms with Crippen molar-refractivity contribution in [1.82, 2.24) is 19.4 Å². The van der Waals surface area contributed by atoms with Gasteiger partial charge in [0.25, 0.3) is 0 Å². The first-order chi connectivity index (χ1) is 13.4. The molecule has 2 fully saturated rings. The third kappa shape index (κ3) is 3.32. The number of likely N-dealkylation sites (tertiary alicyclic amines) is 2. The first-order valence-corrected chi connectivity index (χ1v) is 10.3. The first kappa shape index (κ1) is 19.1. The molecule has 0 spiro atoms. The van der Waals surface area contributed by atoms with Gasteiger partial charge in [0.05, 0.1) is 17.6 Å². The summed E-state index contributed by atoms with van der Waals surface area (Å²) in [5, 5.41) is 0. The lowest BCUT2D eigenvalue weighted by molar-refractivity contribution is 0.0640. The molecule has 1 aromatic heterocycles. The number of fused-ring (bicyclic) bond motifs is 1. The number of nitrogens with one attached hydrogen (secondary N) is 1. The molecule has 7 nitrogen and oxygen atoms in total. The molecule has 0 bridgehead atoms. The van der Waals surface area contributed by atoms with Crippen molar-refractivity contribution >= 4 is 17.1 Å². The van der Waals surface area contributed by atoms with Crippen LogP contribution in [-0.2, 0) is 4.74 Å². The van der Waals surface area contributed by atoms with Crippen molar-refractivity contribution in [2.24, 2.45) is 0 Å². The zero-order valence-electron chi connectivity index (χ0n) is 17.0. The third-order valence-electron chi connectivity index (χ3n) is 6.44. The molecule has 0 aliphatic carbocycles. The minimum Gasteiger partial charge on any atom is -0.450 e. The second kappa shape index (κ2) is 7.28. The molecule has 2 aliphatic heterocycles. The monoisotopic (exact) mass is 386 g/mol. The molecule has 1 aromatic carbocycles. The summed E-state index contributed by atoms with van der Waals surface area (Å²) in [6.45, 7) is 9.88. The van der Waals surface area contributed by atoms with Gasteiger partial charge in [-0.2, -0.15) is 0 Å². The number of amides is 1. The number of benzene rings is 1. The minimum atomic E-state index is -0.207. The van der Waals surface area contributed by atoms with Crippen LogP contribution in [0.25, 0.3) is 11.0 Å². The Morgan fingerprint density at radius 1 is 1.29 bits per heavy atom. The highest BCUT2D eigenvalue weighted by atomic mass is 16.6. The number of carbonyl (C=O) groups excluding carboxylic acids is 1. The number of imidazole rings is 1. The van der Waals surface area contributed by atoms with E-state index in [9.17, 15) is 9.59 Å². The summed E-state index contributed by atoms with van der Waals surface area (Å²) in [5.41, 5.74) is 3.05. The van der Waals surface area contributed by atoms with Crippen LogP contribution >= 0.6 is 0 Å². The molecule has 4 rings (SSSR count). The van der Waals surface area contributed by atoms with Gasteiger partial charge < -0.3 is 14.6 Å². The molecule has 2 saturated heterocycles. The Balaban J connectivity index is 1.46. The molecule has 2 aromatic rings. The predicted octanol–water partition coefficient (Wildman–Crippen LogP) is 2.90. The fourth-order valence-electron chi connectivity index (χ4n) is 4.83. The molecule has 1 atom stereocenters. The second-order valence-corrected chi connectivity index (χ2v) is 8.41. The summed E-state index contributed by atoms with van der Waals surface area (Å²) in [4.78, 5) is 31.9. The smallest absolute Gasteiger partial charge is 0.409 e. The summed E-state index contributed by atoms with van der Waals surface area (Å²) in [7, 11) is 0. The van der Waals surface area contributed by atoms with Crippen LogP contribution in [0.3, 0.4) is 0 Å². The molecule has 28 heavy (non-hydrogen) atoms. The lowest BCUT2D eigenvalue weighted by Crippen LogP contribution is -2.52. The number of hydrogen-bond acceptors (Lipinski definition) is 4. The van der Waals surface area contributed by atoms with Crippen molar-refractivity contribution in [3.63, 3.8) is 0 Å².